The Kier molecular flexibility index (Phi) is 11.0. The minimum absolute atomic E-state index is 0.0176. The number of hydrogen-bond donors (Lipinski definition) is 1. The Morgan fingerprint density at radius 3 is 2.02 bits per heavy atom. The smallest absolute Gasteiger partial charge is 0.264 e. The number of hydrogen-bond acceptors (Lipinski definition) is 4. The van der Waals surface area contributed by atoms with E-state index in [1.807, 2.05) is 58.0 Å². The zero-order chi connectivity index (χ0) is 32.8. The fourth-order valence-electron chi connectivity index (χ4n) is 4.79. The number of sulfonamides is 1. The molecule has 0 radical (unpaired) electrons. The van der Waals surface area contributed by atoms with E-state index < -0.39 is 34.1 Å². The summed E-state index contributed by atoms with van der Waals surface area (Å²) < 4.78 is 29.3. The lowest BCUT2D eigenvalue weighted by molar-refractivity contribution is -0.140. The molecule has 0 aliphatic heterocycles. The number of benzene rings is 4. The average molecular weight is 667 g/mol. The topological polar surface area (TPSA) is 86.8 Å². The van der Waals surface area contributed by atoms with Crippen molar-refractivity contribution in [2.24, 2.45) is 0 Å². The number of carbonyl (C=O) groups is 2. The molecule has 236 valence electrons. The van der Waals surface area contributed by atoms with Crippen LogP contribution >= 0.6 is 23.2 Å². The quantitative estimate of drug-likeness (QED) is 0.186. The number of nitrogens with zero attached hydrogens (tertiary/aromatic N) is 2. The Morgan fingerprint density at radius 2 is 1.42 bits per heavy atom. The minimum atomic E-state index is -4.23. The number of amides is 2. The van der Waals surface area contributed by atoms with Crippen molar-refractivity contribution in [2.45, 2.75) is 57.1 Å². The molecule has 0 aliphatic rings. The van der Waals surface area contributed by atoms with Crippen LogP contribution in [0.25, 0.3) is 0 Å². The standard InChI is InChI=1S/C35H37Cl2N3O4S/c1-25-14-18-29(19-15-25)40(45(43,44)30-20-16-28(36)17-21-30)24-33(41)39(23-27-12-8-9-13-31(27)37)32(34(42)38-35(2,3)4)22-26-10-6-5-7-11-26/h5-21,32H,22-24H2,1-4H3,(H,38,42)/t32-/m0/s1. The van der Waals surface area contributed by atoms with Gasteiger partial charge >= 0.3 is 0 Å². The molecular weight excluding hydrogens is 629 g/mol. The molecule has 0 aliphatic carbocycles. The molecule has 4 aromatic rings. The predicted molar refractivity (Wildman–Crippen MR) is 181 cm³/mol. The molecule has 1 atom stereocenters. The van der Waals surface area contributed by atoms with Gasteiger partial charge in [0.1, 0.15) is 12.6 Å². The summed E-state index contributed by atoms with van der Waals surface area (Å²) in [5.74, 6) is -0.938. The van der Waals surface area contributed by atoms with Gasteiger partial charge in [0, 0.05) is 28.5 Å². The van der Waals surface area contributed by atoms with Crippen LogP contribution in [0.5, 0.6) is 0 Å². The molecule has 4 aromatic carbocycles. The van der Waals surface area contributed by atoms with Crippen LogP contribution in [-0.2, 0) is 32.6 Å². The van der Waals surface area contributed by atoms with Crippen molar-refractivity contribution in [2.75, 3.05) is 10.8 Å². The normalized spacial score (nSPS) is 12.3. The Hall–Kier alpha value is -3.85. The number of rotatable bonds is 11. The fourth-order valence-corrected chi connectivity index (χ4v) is 6.53. The number of halogens is 2. The first-order chi connectivity index (χ1) is 21.2. The third kappa shape index (κ3) is 9.10. The number of nitrogens with one attached hydrogen (secondary N) is 1. The Morgan fingerprint density at radius 1 is 0.822 bits per heavy atom. The van der Waals surface area contributed by atoms with Crippen molar-refractivity contribution < 1.29 is 18.0 Å². The zero-order valence-electron chi connectivity index (χ0n) is 25.7. The van der Waals surface area contributed by atoms with E-state index in [2.05, 4.69) is 5.32 Å². The van der Waals surface area contributed by atoms with E-state index in [4.69, 9.17) is 23.2 Å². The molecule has 0 spiro atoms. The predicted octanol–water partition coefficient (Wildman–Crippen LogP) is 7.05. The largest absolute Gasteiger partial charge is 0.350 e. The number of carbonyl (C=O) groups excluding carboxylic acids is 2. The molecule has 0 heterocycles. The number of aryl methyl sites for hydroxylation is 1. The first-order valence-corrected chi connectivity index (χ1v) is 16.7. The van der Waals surface area contributed by atoms with Crippen molar-refractivity contribution >= 4 is 50.7 Å². The van der Waals surface area contributed by atoms with Crippen LogP contribution < -0.4 is 9.62 Å². The fraction of sp³-hybridized carbons (Fsp3) is 0.257. The van der Waals surface area contributed by atoms with Crippen LogP contribution in [0.2, 0.25) is 10.0 Å². The Bertz CT molecular complexity index is 1720. The summed E-state index contributed by atoms with van der Waals surface area (Å²) in [7, 11) is -4.23. The molecule has 0 saturated heterocycles. The molecule has 45 heavy (non-hydrogen) atoms. The molecule has 0 aromatic heterocycles. The third-order valence-corrected chi connectivity index (χ3v) is 9.48. The monoisotopic (exact) mass is 665 g/mol. The highest BCUT2D eigenvalue weighted by Gasteiger charge is 2.35. The summed E-state index contributed by atoms with van der Waals surface area (Å²) >= 11 is 12.6. The Balaban J connectivity index is 1.82. The van der Waals surface area contributed by atoms with Gasteiger partial charge in [-0.1, -0.05) is 89.4 Å². The van der Waals surface area contributed by atoms with Crippen LogP contribution in [0.15, 0.2) is 108 Å². The lowest BCUT2D eigenvalue weighted by Crippen LogP contribution is -2.56. The van der Waals surface area contributed by atoms with E-state index in [0.29, 0.717) is 21.3 Å². The highest BCUT2D eigenvalue weighted by Crippen LogP contribution is 2.27. The second-order valence-electron chi connectivity index (χ2n) is 11.9. The SMILES string of the molecule is Cc1ccc(N(CC(=O)N(Cc2ccccc2Cl)[C@@H](Cc2ccccc2)C(=O)NC(C)(C)C)S(=O)(=O)c2ccc(Cl)cc2)cc1. The molecule has 0 fully saturated rings. The number of anilines is 1. The van der Waals surface area contributed by atoms with Gasteiger partial charge in [-0.3, -0.25) is 13.9 Å². The first kappa shape index (κ1) is 34.0. The molecule has 1 N–H and O–H groups in total. The zero-order valence-corrected chi connectivity index (χ0v) is 28.0. The average Bonchev–Trinajstić information content (AvgIpc) is 2.99. The van der Waals surface area contributed by atoms with Crippen LogP contribution in [0.1, 0.15) is 37.5 Å². The van der Waals surface area contributed by atoms with Crippen molar-refractivity contribution in [3.63, 3.8) is 0 Å². The van der Waals surface area contributed by atoms with E-state index in [0.717, 1.165) is 15.4 Å². The van der Waals surface area contributed by atoms with Gasteiger partial charge in [0.05, 0.1) is 10.6 Å². The third-order valence-electron chi connectivity index (χ3n) is 7.07. The van der Waals surface area contributed by atoms with E-state index in [1.54, 1.807) is 48.5 Å². The van der Waals surface area contributed by atoms with Gasteiger partial charge in [-0.2, -0.15) is 0 Å². The minimum Gasteiger partial charge on any atom is -0.350 e. The Labute approximate surface area is 275 Å². The van der Waals surface area contributed by atoms with Crippen LogP contribution in [-0.4, -0.2) is 43.3 Å². The van der Waals surface area contributed by atoms with Crippen LogP contribution in [0.3, 0.4) is 0 Å². The van der Waals surface area contributed by atoms with Gasteiger partial charge < -0.3 is 10.2 Å². The van der Waals surface area contributed by atoms with Gasteiger partial charge in [0.2, 0.25) is 11.8 Å². The van der Waals surface area contributed by atoms with Crippen molar-refractivity contribution in [1.82, 2.24) is 10.2 Å². The van der Waals surface area contributed by atoms with Crippen LogP contribution in [0, 0.1) is 6.92 Å². The molecule has 0 unspecified atom stereocenters. The summed E-state index contributed by atoms with van der Waals surface area (Å²) in [5.41, 5.74) is 2.11. The molecule has 0 bridgehead atoms. The van der Waals surface area contributed by atoms with Gasteiger partial charge in [0.15, 0.2) is 0 Å². The molecule has 4 rings (SSSR count). The highest BCUT2D eigenvalue weighted by molar-refractivity contribution is 7.92. The molecule has 2 amide bonds. The maximum absolute atomic E-state index is 14.5. The van der Waals surface area contributed by atoms with Crippen molar-refractivity contribution in [3.05, 3.63) is 130 Å². The second kappa shape index (κ2) is 14.5. The van der Waals surface area contributed by atoms with Gasteiger partial charge in [-0.25, -0.2) is 8.42 Å². The van der Waals surface area contributed by atoms with Gasteiger partial charge in [0.25, 0.3) is 10.0 Å². The summed E-state index contributed by atoms with van der Waals surface area (Å²) in [5, 5.41) is 3.82. The first-order valence-electron chi connectivity index (χ1n) is 14.5. The summed E-state index contributed by atoms with van der Waals surface area (Å²) in [6.07, 6.45) is 0.202. The molecule has 10 heteroatoms. The summed E-state index contributed by atoms with van der Waals surface area (Å²) in [4.78, 5) is 29.9. The molecule has 0 saturated carbocycles. The van der Waals surface area contributed by atoms with E-state index in [9.17, 15) is 18.0 Å². The van der Waals surface area contributed by atoms with E-state index in [-0.39, 0.29) is 23.8 Å². The second-order valence-corrected chi connectivity index (χ2v) is 14.6. The lowest BCUT2D eigenvalue weighted by atomic mass is 10.0. The maximum Gasteiger partial charge on any atom is 0.264 e. The molecule has 7 nitrogen and oxygen atoms in total. The van der Waals surface area contributed by atoms with Gasteiger partial charge in [-0.05, 0) is 81.3 Å². The van der Waals surface area contributed by atoms with Crippen molar-refractivity contribution in [1.29, 1.82) is 0 Å². The van der Waals surface area contributed by atoms with Gasteiger partial charge in [-0.15, -0.1) is 0 Å². The summed E-state index contributed by atoms with van der Waals surface area (Å²) in [6.45, 7) is 6.90. The summed E-state index contributed by atoms with van der Waals surface area (Å²) in [6, 6.07) is 28.1. The van der Waals surface area contributed by atoms with Crippen LogP contribution in [0.4, 0.5) is 5.69 Å². The maximum atomic E-state index is 14.5. The lowest BCUT2D eigenvalue weighted by Gasteiger charge is -2.35. The van der Waals surface area contributed by atoms with E-state index in [1.165, 1.54) is 29.2 Å². The highest BCUT2D eigenvalue weighted by atomic mass is 35.5. The van der Waals surface area contributed by atoms with Crippen molar-refractivity contribution in [3.8, 4) is 0 Å². The molecular formula is C35H37Cl2N3O4S. The van der Waals surface area contributed by atoms with E-state index >= 15 is 0 Å².